The molecule has 0 fully saturated rings. The van der Waals surface area contributed by atoms with Crippen LogP contribution in [0.3, 0.4) is 0 Å². The molecule has 1 amide bonds. The summed E-state index contributed by atoms with van der Waals surface area (Å²) < 4.78 is 12.9. The van der Waals surface area contributed by atoms with Crippen molar-refractivity contribution in [3.05, 3.63) is 35.5 Å². The van der Waals surface area contributed by atoms with Gasteiger partial charge < -0.3 is 10.4 Å². The van der Waals surface area contributed by atoms with Crippen LogP contribution in [-0.4, -0.2) is 47.1 Å². The van der Waals surface area contributed by atoms with E-state index in [1.165, 1.54) is 23.5 Å². The molecule has 0 bridgehead atoms. The van der Waals surface area contributed by atoms with Gasteiger partial charge in [-0.1, -0.05) is 6.92 Å². The number of anilines is 1. The van der Waals surface area contributed by atoms with Crippen LogP contribution in [0.4, 0.5) is 9.52 Å². The molecule has 0 saturated carbocycles. The van der Waals surface area contributed by atoms with Gasteiger partial charge in [-0.15, -0.1) is 11.3 Å². The van der Waals surface area contributed by atoms with Crippen molar-refractivity contribution in [1.82, 2.24) is 9.88 Å². The van der Waals surface area contributed by atoms with Crippen molar-refractivity contribution in [1.29, 1.82) is 0 Å². The lowest BCUT2D eigenvalue weighted by Crippen LogP contribution is -2.35. The number of hydrogen-bond acceptors (Lipinski definition) is 5. The molecule has 0 spiro atoms. The molecule has 1 heterocycles. The zero-order chi connectivity index (χ0) is 15.9. The Kier molecular flexibility index (Phi) is 6.00. The molecule has 0 aliphatic rings. The zero-order valence-electron chi connectivity index (χ0n) is 12.3. The van der Waals surface area contributed by atoms with Crippen LogP contribution in [-0.2, 0) is 4.79 Å². The minimum absolute atomic E-state index is 0.0209. The summed E-state index contributed by atoms with van der Waals surface area (Å²) in [6.45, 7) is 3.31. The molecule has 5 nitrogen and oxygen atoms in total. The Labute approximate surface area is 132 Å². The average Bonchev–Trinajstić information content (AvgIpc) is 2.95. The van der Waals surface area contributed by atoms with Gasteiger partial charge in [0.15, 0.2) is 5.13 Å². The second kappa shape index (κ2) is 7.98. The predicted octanol–water partition coefficient (Wildman–Crippen LogP) is 2.20. The molecule has 0 radical (unpaired) electrons. The second-order valence-electron chi connectivity index (χ2n) is 4.69. The van der Waals surface area contributed by atoms with Crippen LogP contribution < -0.4 is 5.32 Å². The number of likely N-dealkylation sites (N-methyl/N-ethyl adjacent to an activating group) is 1. The lowest BCUT2D eigenvalue weighted by atomic mass is 10.2. The van der Waals surface area contributed by atoms with E-state index in [1.54, 1.807) is 12.1 Å². The second-order valence-corrected chi connectivity index (χ2v) is 5.54. The number of amides is 1. The summed E-state index contributed by atoms with van der Waals surface area (Å²) in [6, 6.07) is 6.05. The third-order valence-corrected chi connectivity index (χ3v) is 3.88. The van der Waals surface area contributed by atoms with Crippen LogP contribution in [0.5, 0.6) is 0 Å². The van der Waals surface area contributed by atoms with E-state index < -0.39 is 0 Å². The molecular weight excluding hydrogens is 305 g/mol. The molecule has 2 rings (SSSR count). The maximum Gasteiger partial charge on any atom is 0.240 e. The molecule has 0 aliphatic carbocycles. The SMILES string of the molecule is CCN(CCO)CC(=O)Nc1nc(-c2ccc(F)cc2)cs1. The van der Waals surface area contributed by atoms with Gasteiger partial charge in [-0.2, -0.15) is 0 Å². The Morgan fingerprint density at radius 3 is 2.77 bits per heavy atom. The molecule has 22 heavy (non-hydrogen) atoms. The summed E-state index contributed by atoms with van der Waals surface area (Å²) >= 11 is 1.32. The summed E-state index contributed by atoms with van der Waals surface area (Å²) in [5.74, 6) is -0.466. The number of aliphatic hydroxyl groups excluding tert-OH is 1. The summed E-state index contributed by atoms with van der Waals surface area (Å²) in [6.07, 6.45) is 0. The van der Waals surface area contributed by atoms with Crippen LogP contribution in [0.2, 0.25) is 0 Å². The van der Waals surface area contributed by atoms with Crippen molar-refractivity contribution in [2.45, 2.75) is 6.92 Å². The van der Waals surface area contributed by atoms with Crippen molar-refractivity contribution >= 4 is 22.4 Å². The molecule has 1 aromatic heterocycles. The van der Waals surface area contributed by atoms with Crippen LogP contribution in [0.25, 0.3) is 11.3 Å². The van der Waals surface area contributed by atoms with E-state index in [4.69, 9.17) is 5.11 Å². The number of aliphatic hydroxyl groups is 1. The van der Waals surface area contributed by atoms with Gasteiger partial charge in [-0.05, 0) is 30.8 Å². The van der Waals surface area contributed by atoms with Crippen LogP contribution in [0.15, 0.2) is 29.6 Å². The predicted molar refractivity (Wildman–Crippen MR) is 85.3 cm³/mol. The monoisotopic (exact) mass is 323 g/mol. The van der Waals surface area contributed by atoms with Crippen LogP contribution in [0, 0.1) is 5.82 Å². The standard InChI is InChI=1S/C15H18FN3O2S/c1-2-19(7-8-20)9-14(21)18-15-17-13(10-22-15)11-3-5-12(16)6-4-11/h3-6,10,20H,2,7-9H2,1H3,(H,17,18,21). The van der Waals surface area contributed by atoms with Gasteiger partial charge >= 0.3 is 0 Å². The Hall–Kier alpha value is -1.83. The Balaban J connectivity index is 1.97. The summed E-state index contributed by atoms with van der Waals surface area (Å²) in [7, 11) is 0. The fourth-order valence-corrected chi connectivity index (χ4v) is 2.67. The molecular formula is C15H18FN3O2S. The molecule has 7 heteroatoms. The lowest BCUT2D eigenvalue weighted by Gasteiger charge is -2.17. The van der Waals surface area contributed by atoms with Crippen LogP contribution in [0.1, 0.15) is 6.92 Å². The van der Waals surface area contributed by atoms with Crippen molar-refractivity contribution in [3.8, 4) is 11.3 Å². The van der Waals surface area contributed by atoms with E-state index in [0.29, 0.717) is 23.9 Å². The Bertz CT molecular complexity index is 616. The quantitative estimate of drug-likeness (QED) is 0.820. The Morgan fingerprint density at radius 1 is 1.41 bits per heavy atom. The number of halogens is 1. The molecule has 0 aliphatic heterocycles. The highest BCUT2D eigenvalue weighted by atomic mass is 32.1. The first-order valence-corrected chi connectivity index (χ1v) is 7.85. The number of hydrogen-bond donors (Lipinski definition) is 2. The molecule has 0 saturated heterocycles. The normalized spacial score (nSPS) is 10.9. The highest BCUT2D eigenvalue weighted by molar-refractivity contribution is 7.14. The highest BCUT2D eigenvalue weighted by Gasteiger charge is 2.11. The van der Waals surface area contributed by atoms with E-state index in [9.17, 15) is 9.18 Å². The number of benzene rings is 1. The first-order valence-electron chi connectivity index (χ1n) is 6.97. The van der Waals surface area contributed by atoms with Gasteiger partial charge in [0.1, 0.15) is 5.82 Å². The largest absolute Gasteiger partial charge is 0.395 e. The third kappa shape index (κ3) is 4.59. The van der Waals surface area contributed by atoms with Gasteiger partial charge in [0.25, 0.3) is 0 Å². The number of thiazole rings is 1. The lowest BCUT2D eigenvalue weighted by molar-refractivity contribution is -0.117. The first kappa shape index (κ1) is 16.5. The number of carbonyl (C=O) groups is 1. The van der Waals surface area contributed by atoms with E-state index >= 15 is 0 Å². The summed E-state index contributed by atoms with van der Waals surface area (Å²) in [5, 5.41) is 14.0. The molecule has 118 valence electrons. The smallest absolute Gasteiger partial charge is 0.240 e. The number of rotatable bonds is 7. The minimum atomic E-state index is -0.295. The number of nitrogens with zero attached hydrogens (tertiary/aromatic N) is 2. The number of nitrogens with one attached hydrogen (secondary N) is 1. The van der Waals surface area contributed by atoms with E-state index in [2.05, 4.69) is 10.3 Å². The fraction of sp³-hybridized carbons (Fsp3) is 0.333. The van der Waals surface area contributed by atoms with E-state index in [-0.39, 0.29) is 24.9 Å². The van der Waals surface area contributed by atoms with Crippen molar-refractivity contribution in [2.75, 3.05) is 31.6 Å². The maximum atomic E-state index is 12.9. The molecule has 2 N–H and O–H groups in total. The summed E-state index contributed by atoms with van der Waals surface area (Å²) in [4.78, 5) is 18.1. The Morgan fingerprint density at radius 2 is 2.14 bits per heavy atom. The number of carbonyl (C=O) groups excluding carboxylic acids is 1. The van der Waals surface area contributed by atoms with Crippen LogP contribution >= 0.6 is 11.3 Å². The molecule has 0 unspecified atom stereocenters. The fourth-order valence-electron chi connectivity index (χ4n) is 1.94. The minimum Gasteiger partial charge on any atom is -0.395 e. The third-order valence-electron chi connectivity index (χ3n) is 3.12. The van der Waals surface area contributed by atoms with E-state index in [1.807, 2.05) is 17.2 Å². The molecule has 2 aromatic rings. The maximum absolute atomic E-state index is 12.9. The first-order chi connectivity index (χ1) is 10.6. The van der Waals surface area contributed by atoms with Gasteiger partial charge in [0.2, 0.25) is 5.91 Å². The highest BCUT2D eigenvalue weighted by Crippen LogP contribution is 2.24. The molecule has 0 atom stereocenters. The van der Waals surface area contributed by atoms with Gasteiger partial charge in [0.05, 0.1) is 18.8 Å². The van der Waals surface area contributed by atoms with Gasteiger partial charge in [-0.3, -0.25) is 9.69 Å². The molecule has 1 aromatic carbocycles. The van der Waals surface area contributed by atoms with Gasteiger partial charge in [-0.25, -0.2) is 9.37 Å². The number of aromatic nitrogens is 1. The zero-order valence-corrected chi connectivity index (χ0v) is 13.1. The topological polar surface area (TPSA) is 65.5 Å². The van der Waals surface area contributed by atoms with Crippen molar-refractivity contribution in [2.24, 2.45) is 0 Å². The average molecular weight is 323 g/mol. The van der Waals surface area contributed by atoms with Crippen molar-refractivity contribution < 1.29 is 14.3 Å². The van der Waals surface area contributed by atoms with Gasteiger partial charge in [0, 0.05) is 17.5 Å². The van der Waals surface area contributed by atoms with E-state index in [0.717, 1.165) is 5.56 Å². The summed E-state index contributed by atoms with van der Waals surface area (Å²) in [5.41, 5.74) is 1.50. The van der Waals surface area contributed by atoms with Crippen molar-refractivity contribution in [3.63, 3.8) is 0 Å².